The van der Waals surface area contributed by atoms with E-state index >= 15 is 0 Å². The predicted octanol–water partition coefficient (Wildman–Crippen LogP) is 0.804. The van der Waals surface area contributed by atoms with Crippen LogP contribution in [0.25, 0.3) is 0 Å². The van der Waals surface area contributed by atoms with E-state index in [1.807, 2.05) is 21.9 Å². The van der Waals surface area contributed by atoms with Gasteiger partial charge in [-0.1, -0.05) is 13.8 Å². The summed E-state index contributed by atoms with van der Waals surface area (Å²) in [5.41, 5.74) is 0. The lowest BCUT2D eigenvalue weighted by atomic mass is 10.0. The highest BCUT2D eigenvalue weighted by molar-refractivity contribution is 14.1. The van der Waals surface area contributed by atoms with Gasteiger partial charge in [0.25, 0.3) is 0 Å². The number of hydrogen-bond donors (Lipinski definition) is 0. The standard InChI is InChI=1S/C16H27IN4O4/c1-11(2)13(15(23)25-4)18(3)16(24)20-7-5-6-19(8-9-20)14(22)12-10-21(12)17/h11-13H,5-10H2,1-4H3/t12-,13+,21?/m1/s1. The SMILES string of the molecule is COC(=O)[C@H](C(C)C)N(C)C(=O)N1CCCN(C(=O)[C@H]2CN2I)CC1. The van der Waals surface area contributed by atoms with Gasteiger partial charge in [0.1, 0.15) is 12.1 Å². The molecule has 3 amide bonds. The summed E-state index contributed by atoms with van der Waals surface area (Å²) in [6.45, 7) is 6.84. The van der Waals surface area contributed by atoms with Crippen molar-refractivity contribution in [3.05, 3.63) is 0 Å². The van der Waals surface area contributed by atoms with Crippen molar-refractivity contribution in [3.8, 4) is 0 Å². The Labute approximate surface area is 162 Å². The quantitative estimate of drug-likeness (QED) is 0.266. The molecule has 142 valence electrons. The first-order chi connectivity index (χ1) is 11.8. The third-order valence-electron chi connectivity index (χ3n) is 4.71. The average Bonchev–Trinajstić information content (AvgIpc) is 3.34. The van der Waals surface area contributed by atoms with Gasteiger partial charge >= 0.3 is 12.0 Å². The van der Waals surface area contributed by atoms with Gasteiger partial charge in [0, 0.05) is 62.6 Å². The molecule has 0 aromatic rings. The molecule has 25 heavy (non-hydrogen) atoms. The molecule has 2 aliphatic rings. The van der Waals surface area contributed by atoms with E-state index in [1.165, 1.54) is 12.0 Å². The van der Waals surface area contributed by atoms with Crippen LogP contribution in [0.4, 0.5) is 4.79 Å². The highest BCUT2D eigenvalue weighted by atomic mass is 127. The second kappa shape index (κ2) is 8.52. The first kappa shape index (κ1) is 20.2. The van der Waals surface area contributed by atoms with Crippen LogP contribution >= 0.6 is 22.9 Å². The number of ether oxygens (including phenoxy) is 1. The molecule has 0 N–H and O–H groups in total. The van der Waals surface area contributed by atoms with Crippen LogP contribution in [0.5, 0.6) is 0 Å². The van der Waals surface area contributed by atoms with Crippen LogP contribution in [0.3, 0.4) is 0 Å². The third-order valence-corrected chi connectivity index (χ3v) is 5.77. The molecule has 0 aliphatic carbocycles. The molecule has 0 saturated carbocycles. The molecule has 2 heterocycles. The zero-order valence-corrected chi connectivity index (χ0v) is 17.4. The summed E-state index contributed by atoms with van der Waals surface area (Å²) in [6, 6.07) is -0.812. The minimum atomic E-state index is -0.613. The van der Waals surface area contributed by atoms with Crippen LogP contribution in [0.1, 0.15) is 20.3 Å². The van der Waals surface area contributed by atoms with Crippen molar-refractivity contribution in [1.82, 2.24) is 17.8 Å². The number of likely N-dealkylation sites (N-methyl/N-ethyl adjacent to an activating group) is 1. The molecule has 2 saturated heterocycles. The van der Waals surface area contributed by atoms with Crippen molar-refractivity contribution >= 4 is 40.8 Å². The van der Waals surface area contributed by atoms with Gasteiger partial charge in [-0.2, -0.15) is 0 Å². The Hall–Kier alpha value is -1.10. The largest absolute Gasteiger partial charge is 0.467 e. The van der Waals surface area contributed by atoms with Crippen molar-refractivity contribution in [2.45, 2.75) is 32.4 Å². The van der Waals surface area contributed by atoms with Crippen molar-refractivity contribution < 1.29 is 19.1 Å². The lowest BCUT2D eigenvalue weighted by Gasteiger charge is -2.33. The van der Waals surface area contributed by atoms with Gasteiger partial charge in [-0.25, -0.2) is 12.7 Å². The van der Waals surface area contributed by atoms with E-state index in [9.17, 15) is 14.4 Å². The van der Waals surface area contributed by atoms with Crippen molar-refractivity contribution in [2.75, 3.05) is 46.9 Å². The number of amides is 3. The fraction of sp³-hybridized carbons (Fsp3) is 0.812. The Morgan fingerprint density at radius 3 is 2.20 bits per heavy atom. The Morgan fingerprint density at radius 2 is 1.68 bits per heavy atom. The molecule has 2 rings (SSSR count). The lowest BCUT2D eigenvalue weighted by molar-refractivity contribution is -0.147. The number of carbonyl (C=O) groups is 3. The Kier molecular flexibility index (Phi) is 6.89. The van der Waals surface area contributed by atoms with Crippen molar-refractivity contribution in [3.63, 3.8) is 0 Å². The van der Waals surface area contributed by atoms with Gasteiger partial charge in [0.05, 0.1) is 7.11 Å². The van der Waals surface area contributed by atoms with Gasteiger partial charge in [0.2, 0.25) is 5.91 Å². The van der Waals surface area contributed by atoms with E-state index in [0.29, 0.717) is 26.2 Å². The molecule has 0 spiro atoms. The summed E-state index contributed by atoms with van der Waals surface area (Å²) in [5, 5.41) is 0. The molecule has 0 radical (unpaired) electrons. The van der Waals surface area contributed by atoms with Crippen molar-refractivity contribution in [1.29, 1.82) is 0 Å². The molecule has 3 atom stereocenters. The number of methoxy groups -OCH3 is 1. The molecule has 2 fully saturated rings. The van der Waals surface area contributed by atoms with Crippen LogP contribution in [0, 0.1) is 5.92 Å². The van der Waals surface area contributed by atoms with Gasteiger partial charge < -0.3 is 19.4 Å². The Morgan fingerprint density at radius 1 is 1.12 bits per heavy atom. The van der Waals surface area contributed by atoms with Crippen LogP contribution in [0.15, 0.2) is 0 Å². The summed E-state index contributed by atoms with van der Waals surface area (Å²) in [4.78, 5) is 42.2. The fourth-order valence-corrected chi connectivity index (χ4v) is 3.81. The second-order valence-electron chi connectivity index (χ2n) is 6.87. The van der Waals surface area contributed by atoms with E-state index in [0.717, 1.165) is 13.0 Å². The summed E-state index contributed by atoms with van der Waals surface area (Å²) in [5.74, 6) is -0.309. The van der Waals surface area contributed by atoms with E-state index in [-0.39, 0.29) is 23.9 Å². The minimum absolute atomic E-state index is 0.00447. The first-order valence-corrected chi connectivity index (χ1v) is 9.55. The normalized spacial score (nSPS) is 24.6. The lowest BCUT2D eigenvalue weighted by Crippen LogP contribution is -2.52. The molecule has 0 aromatic carbocycles. The molecule has 0 bridgehead atoms. The zero-order chi connectivity index (χ0) is 18.7. The molecule has 8 nitrogen and oxygen atoms in total. The maximum absolute atomic E-state index is 12.8. The number of carbonyl (C=O) groups excluding carboxylic acids is 3. The van der Waals surface area contributed by atoms with Gasteiger partial charge in [-0.15, -0.1) is 0 Å². The van der Waals surface area contributed by atoms with E-state index in [1.54, 1.807) is 11.9 Å². The van der Waals surface area contributed by atoms with Gasteiger partial charge in [-0.05, 0) is 12.3 Å². The van der Waals surface area contributed by atoms with Crippen LogP contribution < -0.4 is 0 Å². The maximum atomic E-state index is 12.8. The number of esters is 1. The zero-order valence-electron chi connectivity index (χ0n) is 15.3. The summed E-state index contributed by atoms with van der Waals surface area (Å²) < 4.78 is 6.82. The predicted molar refractivity (Wildman–Crippen MR) is 101 cm³/mol. The second-order valence-corrected chi connectivity index (χ2v) is 8.11. The maximum Gasteiger partial charge on any atom is 0.328 e. The topological polar surface area (TPSA) is 73.2 Å². The average molecular weight is 466 g/mol. The molecule has 0 aromatic heterocycles. The molecule has 1 unspecified atom stereocenters. The smallest absolute Gasteiger partial charge is 0.328 e. The fourth-order valence-electron chi connectivity index (χ4n) is 3.20. The van der Waals surface area contributed by atoms with E-state index < -0.39 is 12.0 Å². The summed E-state index contributed by atoms with van der Waals surface area (Å²) in [7, 11) is 2.97. The number of nitrogens with zero attached hydrogens (tertiary/aromatic N) is 4. The number of halogens is 1. The highest BCUT2D eigenvalue weighted by Gasteiger charge is 2.42. The van der Waals surface area contributed by atoms with Crippen LogP contribution in [-0.4, -0.2) is 94.7 Å². The third kappa shape index (κ3) is 4.75. The Bertz CT molecular complexity index is 530. The minimum Gasteiger partial charge on any atom is -0.467 e. The highest BCUT2D eigenvalue weighted by Crippen LogP contribution is 2.25. The van der Waals surface area contributed by atoms with Crippen LogP contribution in [-0.2, 0) is 14.3 Å². The molecule has 2 aliphatic heterocycles. The number of urea groups is 1. The van der Waals surface area contributed by atoms with Crippen molar-refractivity contribution in [2.24, 2.45) is 5.92 Å². The first-order valence-electron chi connectivity index (χ1n) is 8.58. The molecule has 9 heteroatoms. The van der Waals surface area contributed by atoms with Gasteiger partial charge in [-0.3, -0.25) is 4.79 Å². The number of hydrogen-bond acceptors (Lipinski definition) is 5. The van der Waals surface area contributed by atoms with Gasteiger partial charge in [0.15, 0.2) is 0 Å². The Balaban J connectivity index is 1.97. The summed E-state index contributed by atoms with van der Waals surface area (Å²) in [6.07, 6.45) is 0.740. The monoisotopic (exact) mass is 466 g/mol. The molecular weight excluding hydrogens is 439 g/mol. The number of rotatable bonds is 4. The summed E-state index contributed by atoms with van der Waals surface area (Å²) >= 11 is 2.15. The van der Waals surface area contributed by atoms with E-state index in [2.05, 4.69) is 22.9 Å². The van der Waals surface area contributed by atoms with E-state index in [4.69, 9.17) is 4.74 Å². The van der Waals surface area contributed by atoms with Crippen LogP contribution in [0.2, 0.25) is 0 Å². The molecular formula is C16H27IN4O4.